The van der Waals surface area contributed by atoms with Gasteiger partial charge in [-0.05, 0) is 44.2 Å². The van der Waals surface area contributed by atoms with E-state index in [2.05, 4.69) is 4.90 Å². The Morgan fingerprint density at radius 2 is 2.11 bits per heavy atom. The van der Waals surface area contributed by atoms with E-state index in [1.807, 2.05) is 31.2 Å². The fourth-order valence-electron chi connectivity index (χ4n) is 2.31. The van der Waals surface area contributed by atoms with Crippen molar-refractivity contribution in [2.75, 3.05) is 32.0 Å². The van der Waals surface area contributed by atoms with Crippen LogP contribution in [0.15, 0.2) is 24.3 Å². The van der Waals surface area contributed by atoms with Gasteiger partial charge in [-0.3, -0.25) is 9.69 Å². The molecular formula is C14H21N3O2. The van der Waals surface area contributed by atoms with Gasteiger partial charge in [-0.2, -0.15) is 0 Å². The van der Waals surface area contributed by atoms with Gasteiger partial charge in [0.1, 0.15) is 12.4 Å². The minimum absolute atomic E-state index is 0.213. The maximum absolute atomic E-state index is 11.3. The highest BCUT2D eigenvalue weighted by atomic mass is 16.5. The maximum atomic E-state index is 11.3. The van der Waals surface area contributed by atoms with Gasteiger partial charge in [0.2, 0.25) is 5.91 Å². The molecule has 1 saturated heterocycles. The summed E-state index contributed by atoms with van der Waals surface area (Å²) in [5.74, 6) is 0.598. The molecule has 4 N–H and O–H groups in total. The molecule has 0 spiro atoms. The first-order valence-electron chi connectivity index (χ1n) is 6.50. The van der Waals surface area contributed by atoms with E-state index in [1.165, 1.54) is 0 Å². The van der Waals surface area contributed by atoms with E-state index >= 15 is 0 Å². The predicted molar refractivity (Wildman–Crippen MR) is 74.7 cm³/mol. The molecule has 1 amide bonds. The molecule has 104 valence electrons. The first kappa shape index (κ1) is 13.7. The molecule has 0 radical (unpaired) electrons. The lowest BCUT2D eigenvalue weighted by atomic mass is 9.89. The highest BCUT2D eigenvalue weighted by Crippen LogP contribution is 2.29. The highest BCUT2D eigenvalue weighted by Gasteiger charge is 2.38. The van der Waals surface area contributed by atoms with Crippen LogP contribution in [-0.2, 0) is 4.79 Å². The maximum Gasteiger partial charge on any atom is 0.224 e. The number of likely N-dealkylation sites (tertiary alicyclic amines) is 1. The average Bonchev–Trinajstić information content (AvgIpc) is 2.75. The summed E-state index contributed by atoms with van der Waals surface area (Å²) in [5, 5.41) is 0. The zero-order valence-electron chi connectivity index (χ0n) is 11.3. The van der Waals surface area contributed by atoms with Crippen molar-refractivity contribution in [2.45, 2.75) is 13.3 Å². The van der Waals surface area contributed by atoms with Crippen molar-refractivity contribution in [1.82, 2.24) is 4.90 Å². The van der Waals surface area contributed by atoms with Crippen LogP contribution in [0, 0.1) is 5.41 Å². The SMILES string of the molecule is CC1(C(N)=O)CCN(CCOc2ccc(N)cc2)C1. The van der Waals surface area contributed by atoms with Crippen LogP contribution in [0.1, 0.15) is 13.3 Å². The normalized spacial score (nSPS) is 23.4. The van der Waals surface area contributed by atoms with Crippen LogP contribution in [0.4, 0.5) is 5.69 Å². The van der Waals surface area contributed by atoms with Crippen LogP contribution < -0.4 is 16.2 Å². The van der Waals surface area contributed by atoms with Crippen LogP contribution >= 0.6 is 0 Å². The molecular weight excluding hydrogens is 242 g/mol. The number of rotatable bonds is 5. The molecule has 0 saturated carbocycles. The van der Waals surface area contributed by atoms with E-state index in [0.29, 0.717) is 13.2 Å². The Morgan fingerprint density at radius 1 is 1.42 bits per heavy atom. The summed E-state index contributed by atoms with van der Waals surface area (Å²) in [5.41, 5.74) is 11.4. The largest absolute Gasteiger partial charge is 0.492 e. The fourth-order valence-corrected chi connectivity index (χ4v) is 2.31. The number of primary amides is 1. The second-order valence-corrected chi connectivity index (χ2v) is 5.37. The monoisotopic (exact) mass is 263 g/mol. The van der Waals surface area contributed by atoms with E-state index < -0.39 is 0 Å². The topological polar surface area (TPSA) is 81.6 Å². The van der Waals surface area contributed by atoms with Gasteiger partial charge in [0.05, 0.1) is 5.41 Å². The standard InChI is InChI=1S/C14H21N3O2/c1-14(13(16)18)6-7-17(10-14)8-9-19-12-4-2-11(15)3-5-12/h2-5H,6-10,15H2,1H3,(H2,16,18). The molecule has 1 heterocycles. The number of ether oxygens (including phenoxy) is 1. The molecule has 0 aliphatic carbocycles. The second kappa shape index (κ2) is 5.48. The van der Waals surface area contributed by atoms with Crippen molar-refractivity contribution in [3.05, 3.63) is 24.3 Å². The van der Waals surface area contributed by atoms with Crippen molar-refractivity contribution < 1.29 is 9.53 Å². The van der Waals surface area contributed by atoms with Crippen molar-refractivity contribution in [3.63, 3.8) is 0 Å². The molecule has 19 heavy (non-hydrogen) atoms. The summed E-state index contributed by atoms with van der Waals surface area (Å²) in [7, 11) is 0. The number of anilines is 1. The molecule has 2 rings (SSSR count). The molecule has 1 unspecified atom stereocenters. The van der Waals surface area contributed by atoms with Gasteiger partial charge in [-0.15, -0.1) is 0 Å². The van der Waals surface area contributed by atoms with E-state index in [1.54, 1.807) is 0 Å². The highest BCUT2D eigenvalue weighted by molar-refractivity contribution is 5.81. The summed E-state index contributed by atoms with van der Waals surface area (Å²) in [6.45, 7) is 4.93. The Morgan fingerprint density at radius 3 is 2.68 bits per heavy atom. The molecule has 1 aromatic carbocycles. The summed E-state index contributed by atoms with van der Waals surface area (Å²) < 4.78 is 5.64. The number of nitrogen functional groups attached to an aromatic ring is 1. The van der Waals surface area contributed by atoms with Gasteiger partial charge in [0.15, 0.2) is 0 Å². The molecule has 1 aliphatic rings. The second-order valence-electron chi connectivity index (χ2n) is 5.37. The summed E-state index contributed by atoms with van der Waals surface area (Å²) >= 11 is 0. The Labute approximate surface area is 113 Å². The van der Waals surface area contributed by atoms with Crippen LogP contribution in [0.5, 0.6) is 5.75 Å². The molecule has 0 aromatic heterocycles. The number of benzene rings is 1. The summed E-state index contributed by atoms with van der Waals surface area (Å²) in [6, 6.07) is 7.34. The smallest absolute Gasteiger partial charge is 0.224 e. The van der Waals surface area contributed by atoms with Crippen LogP contribution in [0.2, 0.25) is 0 Å². The lowest BCUT2D eigenvalue weighted by Gasteiger charge is -2.21. The van der Waals surface area contributed by atoms with E-state index in [4.69, 9.17) is 16.2 Å². The molecule has 5 heteroatoms. The summed E-state index contributed by atoms with van der Waals surface area (Å²) in [4.78, 5) is 13.6. The summed E-state index contributed by atoms with van der Waals surface area (Å²) in [6.07, 6.45) is 0.824. The molecule has 5 nitrogen and oxygen atoms in total. The molecule has 1 atom stereocenters. The quantitative estimate of drug-likeness (QED) is 0.771. The van der Waals surface area contributed by atoms with E-state index in [0.717, 1.165) is 30.9 Å². The minimum atomic E-state index is -0.388. The zero-order chi connectivity index (χ0) is 13.9. The third kappa shape index (κ3) is 3.38. The Kier molecular flexibility index (Phi) is 3.95. The van der Waals surface area contributed by atoms with Gasteiger partial charge in [0, 0.05) is 18.8 Å². The number of hydrogen-bond donors (Lipinski definition) is 2. The lowest BCUT2D eigenvalue weighted by molar-refractivity contribution is -0.126. The Hall–Kier alpha value is -1.75. The van der Waals surface area contributed by atoms with Crippen molar-refractivity contribution >= 4 is 11.6 Å². The number of nitrogens with zero attached hydrogens (tertiary/aromatic N) is 1. The number of carbonyl (C=O) groups excluding carboxylic acids is 1. The van der Waals surface area contributed by atoms with E-state index in [9.17, 15) is 4.79 Å². The van der Waals surface area contributed by atoms with Gasteiger partial charge in [0.25, 0.3) is 0 Å². The van der Waals surface area contributed by atoms with Crippen molar-refractivity contribution in [2.24, 2.45) is 11.1 Å². The van der Waals surface area contributed by atoms with Gasteiger partial charge in [-0.25, -0.2) is 0 Å². The zero-order valence-corrected chi connectivity index (χ0v) is 11.3. The molecule has 1 aliphatic heterocycles. The van der Waals surface area contributed by atoms with Crippen LogP contribution in [0.25, 0.3) is 0 Å². The van der Waals surface area contributed by atoms with E-state index in [-0.39, 0.29) is 11.3 Å². The van der Waals surface area contributed by atoms with Crippen molar-refractivity contribution in [3.8, 4) is 5.75 Å². The van der Waals surface area contributed by atoms with Crippen LogP contribution in [0.3, 0.4) is 0 Å². The predicted octanol–water partition coefficient (Wildman–Crippen LogP) is 0.845. The van der Waals surface area contributed by atoms with Gasteiger partial charge in [-0.1, -0.05) is 0 Å². The fraction of sp³-hybridized carbons (Fsp3) is 0.500. The van der Waals surface area contributed by atoms with Crippen molar-refractivity contribution in [1.29, 1.82) is 0 Å². The Balaban J connectivity index is 1.75. The number of hydrogen-bond acceptors (Lipinski definition) is 4. The lowest BCUT2D eigenvalue weighted by Crippen LogP contribution is -2.37. The number of nitrogens with two attached hydrogens (primary N) is 2. The number of amides is 1. The third-order valence-corrected chi connectivity index (χ3v) is 3.70. The minimum Gasteiger partial charge on any atom is -0.492 e. The first-order chi connectivity index (χ1) is 8.99. The van der Waals surface area contributed by atoms with Gasteiger partial charge >= 0.3 is 0 Å². The molecule has 1 aromatic rings. The molecule has 0 bridgehead atoms. The number of carbonyl (C=O) groups is 1. The first-order valence-corrected chi connectivity index (χ1v) is 6.50. The van der Waals surface area contributed by atoms with Crippen LogP contribution in [-0.4, -0.2) is 37.0 Å². The average molecular weight is 263 g/mol. The third-order valence-electron chi connectivity index (χ3n) is 3.70. The van der Waals surface area contributed by atoms with Gasteiger partial charge < -0.3 is 16.2 Å². The molecule has 1 fully saturated rings. The Bertz CT molecular complexity index is 447.